The molecule has 150 valence electrons. The van der Waals surface area contributed by atoms with Crippen molar-refractivity contribution in [3.8, 4) is 27.4 Å². The highest BCUT2D eigenvalue weighted by molar-refractivity contribution is 7.17. The SMILES string of the molecule is CN(C(=O)c1cc2c(s1)-c1ccc(-c3ccn[nH]3)cc1OCC2)c1ccccc1Cl. The number of amides is 1. The van der Waals surface area contributed by atoms with Crippen molar-refractivity contribution in [2.24, 2.45) is 0 Å². The number of nitrogens with zero attached hydrogens (tertiary/aromatic N) is 2. The third-order valence-electron chi connectivity index (χ3n) is 5.21. The minimum absolute atomic E-state index is 0.0716. The molecule has 0 saturated carbocycles. The number of benzene rings is 2. The van der Waals surface area contributed by atoms with Crippen molar-refractivity contribution in [2.45, 2.75) is 6.42 Å². The number of H-pyrrole nitrogens is 1. The Hall–Kier alpha value is -3.09. The maximum Gasteiger partial charge on any atom is 0.268 e. The molecule has 5 rings (SSSR count). The first-order chi connectivity index (χ1) is 14.6. The Morgan fingerprint density at radius 2 is 2.07 bits per heavy atom. The molecule has 3 heterocycles. The summed E-state index contributed by atoms with van der Waals surface area (Å²) in [4.78, 5) is 16.5. The largest absolute Gasteiger partial charge is 0.493 e. The zero-order valence-corrected chi connectivity index (χ0v) is 17.8. The number of fused-ring (bicyclic) bond motifs is 3. The quantitative estimate of drug-likeness (QED) is 0.451. The maximum atomic E-state index is 13.2. The van der Waals surface area contributed by atoms with Gasteiger partial charge in [-0.15, -0.1) is 11.3 Å². The van der Waals surface area contributed by atoms with E-state index >= 15 is 0 Å². The van der Waals surface area contributed by atoms with Gasteiger partial charge in [0.1, 0.15) is 5.75 Å². The number of carbonyl (C=O) groups excluding carboxylic acids is 1. The van der Waals surface area contributed by atoms with Gasteiger partial charge in [0.25, 0.3) is 5.91 Å². The first-order valence-corrected chi connectivity index (χ1v) is 10.7. The number of hydrogen-bond donors (Lipinski definition) is 1. The van der Waals surface area contributed by atoms with Gasteiger partial charge in [0.2, 0.25) is 0 Å². The molecule has 0 aliphatic carbocycles. The van der Waals surface area contributed by atoms with Gasteiger partial charge in [-0.25, -0.2) is 0 Å². The third kappa shape index (κ3) is 3.28. The molecule has 0 atom stereocenters. The number of ether oxygens (including phenoxy) is 1. The van der Waals surface area contributed by atoms with Gasteiger partial charge in [0.05, 0.1) is 27.9 Å². The molecular formula is C23H18ClN3O2S. The van der Waals surface area contributed by atoms with E-state index in [-0.39, 0.29) is 5.91 Å². The Labute approximate surface area is 182 Å². The molecule has 0 fully saturated rings. The summed E-state index contributed by atoms with van der Waals surface area (Å²) in [6.45, 7) is 0.567. The van der Waals surface area contributed by atoms with E-state index in [1.54, 1.807) is 24.2 Å². The second-order valence-electron chi connectivity index (χ2n) is 7.06. The number of aromatic nitrogens is 2. The molecule has 0 saturated heterocycles. The van der Waals surface area contributed by atoms with Gasteiger partial charge in [-0.3, -0.25) is 9.89 Å². The summed E-state index contributed by atoms with van der Waals surface area (Å²) in [7, 11) is 1.75. The summed E-state index contributed by atoms with van der Waals surface area (Å²) in [5, 5.41) is 7.56. The van der Waals surface area contributed by atoms with E-state index < -0.39 is 0 Å². The van der Waals surface area contributed by atoms with E-state index in [0.29, 0.717) is 22.2 Å². The number of carbonyl (C=O) groups is 1. The van der Waals surface area contributed by atoms with Crippen molar-refractivity contribution in [3.63, 3.8) is 0 Å². The van der Waals surface area contributed by atoms with Crippen molar-refractivity contribution >= 4 is 34.5 Å². The summed E-state index contributed by atoms with van der Waals surface area (Å²) in [6, 6.07) is 17.4. The van der Waals surface area contributed by atoms with Crippen LogP contribution in [-0.2, 0) is 6.42 Å². The van der Waals surface area contributed by atoms with Crippen molar-refractivity contribution in [3.05, 3.63) is 76.3 Å². The van der Waals surface area contributed by atoms with Crippen molar-refractivity contribution in [2.75, 3.05) is 18.6 Å². The van der Waals surface area contributed by atoms with Gasteiger partial charge in [-0.05, 0) is 42.0 Å². The predicted octanol–water partition coefficient (Wildman–Crippen LogP) is 5.67. The number of nitrogens with one attached hydrogen (secondary N) is 1. The standard InChI is InChI=1S/C23H18ClN3O2S/c1-27(19-5-3-2-4-17(19)24)23(28)21-13-15-9-11-29-20-12-14(18-8-10-25-26-18)6-7-16(20)22(15)30-21/h2-8,10,12-13H,9,11H2,1H3,(H,25,26). The van der Waals surface area contributed by atoms with Crippen molar-refractivity contribution in [1.29, 1.82) is 0 Å². The zero-order chi connectivity index (χ0) is 20.7. The predicted molar refractivity (Wildman–Crippen MR) is 121 cm³/mol. The minimum atomic E-state index is -0.0716. The van der Waals surface area contributed by atoms with Gasteiger partial charge < -0.3 is 9.64 Å². The number of hydrogen-bond acceptors (Lipinski definition) is 4. The Balaban J connectivity index is 1.51. The van der Waals surface area contributed by atoms with Crippen LogP contribution in [0.3, 0.4) is 0 Å². The van der Waals surface area contributed by atoms with Crippen molar-refractivity contribution in [1.82, 2.24) is 10.2 Å². The van der Waals surface area contributed by atoms with Crippen LogP contribution >= 0.6 is 22.9 Å². The maximum absolute atomic E-state index is 13.2. The second kappa shape index (κ2) is 7.63. The molecule has 1 aliphatic rings. The lowest BCUT2D eigenvalue weighted by molar-refractivity contribution is 0.0997. The highest BCUT2D eigenvalue weighted by Crippen LogP contribution is 2.42. The third-order valence-corrected chi connectivity index (χ3v) is 6.72. The van der Waals surface area contributed by atoms with Crippen LogP contribution in [0.1, 0.15) is 15.2 Å². The van der Waals surface area contributed by atoms with Crippen LogP contribution < -0.4 is 9.64 Å². The number of aromatic amines is 1. The number of para-hydroxylation sites is 1. The van der Waals surface area contributed by atoms with Crippen LogP contribution in [0, 0.1) is 0 Å². The van der Waals surface area contributed by atoms with Gasteiger partial charge >= 0.3 is 0 Å². The molecule has 30 heavy (non-hydrogen) atoms. The summed E-state index contributed by atoms with van der Waals surface area (Å²) >= 11 is 7.78. The molecule has 0 unspecified atom stereocenters. The van der Waals surface area contributed by atoms with Gasteiger partial charge in [-0.2, -0.15) is 5.10 Å². The molecule has 2 aromatic carbocycles. The molecule has 0 radical (unpaired) electrons. The smallest absolute Gasteiger partial charge is 0.268 e. The molecule has 1 N–H and O–H groups in total. The average molecular weight is 436 g/mol. The Kier molecular flexibility index (Phi) is 4.81. The van der Waals surface area contributed by atoms with Crippen LogP contribution in [0.2, 0.25) is 5.02 Å². The highest BCUT2D eigenvalue weighted by atomic mass is 35.5. The van der Waals surface area contributed by atoms with Gasteiger partial charge in [0, 0.05) is 35.7 Å². The van der Waals surface area contributed by atoms with Crippen LogP contribution in [0.5, 0.6) is 5.75 Å². The first-order valence-electron chi connectivity index (χ1n) is 9.54. The summed E-state index contributed by atoms with van der Waals surface area (Å²) in [6.07, 6.45) is 2.48. The lowest BCUT2D eigenvalue weighted by Crippen LogP contribution is -2.25. The molecule has 0 bridgehead atoms. The van der Waals surface area contributed by atoms with E-state index in [9.17, 15) is 4.79 Å². The van der Waals surface area contributed by atoms with E-state index in [2.05, 4.69) is 16.3 Å². The molecule has 1 aliphatic heterocycles. The Morgan fingerprint density at radius 3 is 2.87 bits per heavy atom. The van der Waals surface area contributed by atoms with Gasteiger partial charge in [-0.1, -0.05) is 29.8 Å². The molecule has 1 amide bonds. The van der Waals surface area contributed by atoms with Gasteiger partial charge in [0.15, 0.2) is 0 Å². The fraction of sp³-hybridized carbons (Fsp3) is 0.130. The molecule has 2 aromatic heterocycles. The molecule has 4 aromatic rings. The topological polar surface area (TPSA) is 58.2 Å². The normalized spacial score (nSPS) is 12.5. The fourth-order valence-electron chi connectivity index (χ4n) is 3.63. The van der Waals surface area contributed by atoms with Crippen molar-refractivity contribution < 1.29 is 9.53 Å². The molecule has 7 heteroatoms. The molecule has 5 nitrogen and oxygen atoms in total. The number of anilines is 1. The summed E-state index contributed by atoms with van der Waals surface area (Å²) < 4.78 is 6.02. The Bertz CT molecular complexity index is 1230. The average Bonchev–Trinajstić information content (AvgIpc) is 3.41. The van der Waals surface area contributed by atoms with E-state index in [1.807, 2.05) is 42.5 Å². The van der Waals surface area contributed by atoms with E-state index in [1.165, 1.54) is 11.3 Å². The lowest BCUT2D eigenvalue weighted by Gasteiger charge is -2.17. The molecular weight excluding hydrogens is 418 g/mol. The number of halogens is 1. The number of thiophene rings is 1. The van der Waals surface area contributed by atoms with E-state index in [4.69, 9.17) is 16.3 Å². The summed E-state index contributed by atoms with van der Waals surface area (Å²) in [5.41, 5.74) is 4.79. The van der Waals surface area contributed by atoms with Crippen LogP contribution in [0.15, 0.2) is 60.8 Å². The summed E-state index contributed by atoms with van der Waals surface area (Å²) in [5.74, 6) is 0.749. The lowest BCUT2D eigenvalue weighted by atomic mass is 10.0. The fourth-order valence-corrected chi connectivity index (χ4v) is 5.11. The first kappa shape index (κ1) is 18.9. The second-order valence-corrected chi connectivity index (χ2v) is 8.52. The van der Waals surface area contributed by atoms with Crippen LogP contribution in [0.25, 0.3) is 21.7 Å². The van der Waals surface area contributed by atoms with Crippen LogP contribution in [0.4, 0.5) is 5.69 Å². The monoisotopic (exact) mass is 435 g/mol. The zero-order valence-electron chi connectivity index (χ0n) is 16.2. The molecule has 0 spiro atoms. The highest BCUT2D eigenvalue weighted by Gasteiger charge is 2.24. The number of rotatable bonds is 3. The van der Waals surface area contributed by atoms with Crippen LogP contribution in [-0.4, -0.2) is 29.8 Å². The Morgan fingerprint density at radius 1 is 1.20 bits per heavy atom. The minimum Gasteiger partial charge on any atom is -0.493 e. The van der Waals surface area contributed by atoms with E-state index in [0.717, 1.165) is 39.4 Å².